The summed E-state index contributed by atoms with van der Waals surface area (Å²) in [6.45, 7) is 8.60. The summed E-state index contributed by atoms with van der Waals surface area (Å²) in [4.78, 5) is 2.51. The van der Waals surface area contributed by atoms with Gasteiger partial charge in [-0.05, 0) is 50.3 Å². The Kier molecular flexibility index (Phi) is 6.56. The zero-order valence-electron chi connectivity index (χ0n) is 12.3. The maximum Gasteiger partial charge on any atom is 0.144 e. The highest BCUT2D eigenvalue weighted by Gasteiger charge is 2.28. The van der Waals surface area contributed by atoms with Crippen molar-refractivity contribution in [3.63, 3.8) is 0 Å². The quantitative estimate of drug-likeness (QED) is 0.651. The molecule has 118 valence electrons. The van der Waals surface area contributed by atoms with E-state index in [0.717, 1.165) is 47.1 Å². The Morgan fingerprint density at radius 3 is 2.38 bits per heavy atom. The first-order chi connectivity index (χ1) is 9.91. The van der Waals surface area contributed by atoms with Crippen molar-refractivity contribution in [2.24, 2.45) is 5.92 Å². The van der Waals surface area contributed by atoms with E-state index in [1.165, 1.54) is 0 Å². The molecule has 0 amide bonds. The Morgan fingerprint density at radius 2 is 1.81 bits per heavy atom. The van der Waals surface area contributed by atoms with Gasteiger partial charge in [0.05, 0.1) is 8.95 Å². The minimum Gasteiger partial charge on any atom is -0.506 e. The zero-order chi connectivity index (χ0) is 15.6. The molecule has 1 fully saturated rings. The third-order valence-corrected chi connectivity index (χ3v) is 5.86. The molecule has 6 heteroatoms. The van der Waals surface area contributed by atoms with Crippen LogP contribution in [-0.2, 0) is 0 Å². The second-order valence-electron chi connectivity index (χ2n) is 5.85. The van der Waals surface area contributed by atoms with E-state index in [0.29, 0.717) is 16.4 Å². The van der Waals surface area contributed by atoms with Crippen LogP contribution in [0.15, 0.2) is 19.5 Å². The number of rotatable bonds is 4. The number of hydrogen-bond acceptors (Lipinski definition) is 3. The maximum absolute atomic E-state index is 10.2. The number of piperazine rings is 1. The molecule has 1 saturated heterocycles. The van der Waals surface area contributed by atoms with Crippen LogP contribution in [0.1, 0.15) is 31.9 Å². The summed E-state index contributed by atoms with van der Waals surface area (Å²) in [5, 5.41) is 13.6. The van der Waals surface area contributed by atoms with E-state index in [-0.39, 0.29) is 5.75 Å². The molecule has 0 bridgehead atoms. The lowest BCUT2D eigenvalue weighted by Crippen LogP contribution is -2.45. The van der Waals surface area contributed by atoms with Crippen LogP contribution in [0.4, 0.5) is 0 Å². The molecule has 1 heterocycles. The highest BCUT2D eigenvalue weighted by atomic mass is 79.9. The van der Waals surface area contributed by atoms with Gasteiger partial charge in [0.15, 0.2) is 0 Å². The molecule has 0 unspecified atom stereocenters. The van der Waals surface area contributed by atoms with Gasteiger partial charge in [0.25, 0.3) is 0 Å². The van der Waals surface area contributed by atoms with Crippen molar-refractivity contribution in [1.82, 2.24) is 10.2 Å². The number of aromatic hydroxyl groups is 1. The lowest BCUT2D eigenvalue weighted by atomic mass is 9.95. The SMILES string of the molecule is CC(C)C[C@@H](c1c(Br)cc(Br)c(O)c1Br)N1CCNCC1. The Labute approximate surface area is 151 Å². The minimum atomic E-state index is 0.275. The van der Waals surface area contributed by atoms with Gasteiger partial charge in [-0.3, -0.25) is 4.90 Å². The molecule has 1 aliphatic rings. The van der Waals surface area contributed by atoms with E-state index < -0.39 is 0 Å². The first-order valence-corrected chi connectivity index (χ1v) is 9.60. The molecule has 2 N–H and O–H groups in total. The average molecular weight is 485 g/mol. The topological polar surface area (TPSA) is 35.5 Å². The van der Waals surface area contributed by atoms with E-state index in [4.69, 9.17) is 0 Å². The molecule has 1 atom stereocenters. The number of nitrogens with zero attached hydrogens (tertiary/aromatic N) is 1. The Morgan fingerprint density at radius 1 is 1.19 bits per heavy atom. The monoisotopic (exact) mass is 482 g/mol. The van der Waals surface area contributed by atoms with Gasteiger partial charge in [0, 0.05) is 42.3 Å². The first kappa shape index (κ1) is 17.7. The van der Waals surface area contributed by atoms with Gasteiger partial charge >= 0.3 is 0 Å². The van der Waals surface area contributed by atoms with Crippen molar-refractivity contribution in [3.05, 3.63) is 25.0 Å². The van der Waals surface area contributed by atoms with Crippen LogP contribution in [-0.4, -0.2) is 36.2 Å². The number of phenols is 1. The Balaban J connectivity index is 2.43. The first-order valence-electron chi connectivity index (χ1n) is 7.23. The normalized spacial score (nSPS) is 18.2. The molecule has 1 aromatic carbocycles. The van der Waals surface area contributed by atoms with Gasteiger partial charge in [-0.1, -0.05) is 29.8 Å². The van der Waals surface area contributed by atoms with Crippen LogP contribution >= 0.6 is 47.8 Å². The number of phenolic OH excluding ortho intramolecular Hbond substituents is 1. The van der Waals surface area contributed by atoms with Crippen molar-refractivity contribution < 1.29 is 5.11 Å². The van der Waals surface area contributed by atoms with Crippen LogP contribution in [0, 0.1) is 5.92 Å². The molecule has 1 aromatic rings. The second-order valence-corrected chi connectivity index (χ2v) is 8.35. The fourth-order valence-electron chi connectivity index (χ4n) is 2.79. The molecule has 0 radical (unpaired) electrons. The zero-order valence-corrected chi connectivity index (χ0v) is 17.1. The van der Waals surface area contributed by atoms with E-state index in [1.807, 2.05) is 6.07 Å². The lowest BCUT2D eigenvalue weighted by Gasteiger charge is -2.37. The number of halogens is 3. The van der Waals surface area contributed by atoms with Crippen LogP contribution in [0.2, 0.25) is 0 Å². The maximum atomic E-state index is 10.2. The van der Waals surface area contributed by atoms with Gasteiger partial charge in [-0.25, -0.2) is 0 Å². The summed E-state index contributed by atoms with van der Waals surface area (Å²) in [5.41, 5.74) is 1.14. The number of benzene rings is 1. The smallest absolute Gasteiger partial charge is 0.144 e. The van der Waals surface area contributed by atoms with Crippen molar-refractivity contribution >= 4 is 47.8 Å². The molecule has 0 aromatic heterocycles. The Bertz CT molecular complexity index is 502. The summed E-state index contributed by atoms with van der Waals surface area (Å²) in [6.07, 6.45) is 1.07. The fraction of sp³-hybridized carbons (Fsp3) is 0.600. The fourth-order valence-corrected chi connectivity index (χ4v) is 5.44. The third kappa shape index (κ3) is 4.22. The van der Waals surface area contributed by atoms with Crippen LogP contribution in [0.5, 0.6) is 5.75 Å². The van der Waals surface area contributed by atoms with Gasteiger partial charge < -0.3 is 10.4 Å². The lowest BCUT2D eigenvalue weighted by molar-refractivity contribution is 0.153. The second kappa shape index (κ2) is 7.77. The summed E-state index contributed by atoms with van der Waals surface area (Å²) < 4.78 is 2.52. The molecule has 3 nitrogen and oxygen atoms in total. The molecule has 1 aliphatic heterocycles. The van der Waals surface area contributed by atoms with Crippen molar-refractivity contribution in [1.29, 1.82) is 0 Å². The Hall–Kier alpha value is 0.380. The summed E-state index contributed by atoms with van der Waals surface area (Å²) in [6, 6.07) is 2.24. The summed E-state index contributed by atoms with van der Waals surface area (Å²) in [5.74, 6) is 0.867. The molecule has 21 heavy (non-hydrogen) atoms. The van der Waals surface area contributed by atoms with E-state index >= 15 is 0 Å². The van der Waals surface area contributed by atoms with Gasteiger partial charge in [-0.15, -0.1) is 0 Å². The summed E-state index contributed by atoms with van der Waals surface area (Å²) >= 11 is 10.7. The minimum absolute atomic E-state index is 0.275. The molecule has 0 saturated carbocycles. The van der Waals surface area contributed by atoms with E-state index in [2.05, 4.69) is 71.9 Å². The number of hydrogen-bond donors (Lipinski definition) is 2. The molecular formula is C15H21Br3N2O. The van der Waals surface area contributed by atoms with Crippen LogP contribution < -0.4 is 5.32 Å². The predicted octanol–water partition coefficient (Wildman–Crippen LogP) is 4.67. The van der Waals surface area contributed by atoms with Crippen molar-refractivity contribution in [3.8, 4) is 5.75 Å². The van der Waals surface area contributed by atoms with Gasteiger partial charge in [0.1, 0.15) is 5.75 Å². The van der Waals surface area contributed by atoms with Crippen molar-refractivity contribution in [2.75, 3.05) is 26.2 Å². The van der Waals surface area contributed by atoms with Crippen LogP contribution in [0.3, 0.4) is 0 Å². The largest absolute Gasteiger partial charge is 0.506 e. The van der Waals surface area contributed by atoms with E-state index in [1.54, 1.807) is 0 Å². The highest BCUT2D eigenvalue weighted by molar-refractivity contribution is 9.11. The predicted molar refractivity (Wildman–Crippen MR) is 97.8 cm³/mol. The van der Waals surface area contributed by atoms with Gasteiger partial charge in [-0.2, -0.15) is 0 Å². The molecular weight excluding hydrogens is 464 g/mol. The van der Waals surface area contributed by atoms with Gasteiger partial charge in [0.2, 0.25) is 0 Å². The third-order valence-electron chi connectivity index (χ3n) is 3.80. The van der Waals surface area contributed by atoms with Crippen LogP contribution in [0.25, 0.3) is 0 Å². The summed E-state index contributed by atoms with van der Waals surface area (Å²) in [7, 11) is 0. The highest BCUT2D eigenvalue weighted by Crippen LogP contribution is 2.45. The standard InChI is InChI=1S/C15H21Br3N2O/c1-9(2)7-12(20-5-3-19-4-6-20)13-10(16)8-11(17)15(21)14(13)18/h8-9,12,19,21H,3-7H2,1-2H3/t12-/m0/s1. The molecule has 0 spiro atoms. The molecule has 2 rings (SSSR count). The molecule has 0 aliphatic carbocycles. The van der Waals surface area contributed by atoms with Crippen molar-refractivity contribution in [2.45, 2.75) is 26.3 Å². The number of nitrogens with one attached hydrogen (secondary N) is 1. The van der Waals surface area contributed by atoms with E-state index in [9.17, 15) is 5.11 Å². The average Bonchev–Trinajstić information content (AvgIpc) is 2.44.